The molecule has 0 spiro atoms. The number of hydrogen-bond donors (Lipinski definition) is 3. The maximum atomic E-state index is 13.8. The molecule has 1 unspecified atom stereocenters. The van der Waals surface area contributed by atoms with Crippen LogP contribution in [0.15, 0.2) is 118 Å². The number of anilines is 2. The van der Waals surface area contributed by atoms with E-state index < -0.39 is 21.7 Å². The molecule has 0 saturated heterocycles. The van der Waals surface area contributed by atoms with E-state index in [0.717, 1.165) is 5.69 Å². The van der Waals surface area contributed by atoms with E-state index in [1.807, 2.05) is 61.5 Å². The van der Waals surface area contributed by atoms with Gasteiger partial charge in [0, 0.05) is 53.1 Å². The van der Waals surface area contributed by atoms with E-state index >= 15 is 0 Å². The average Bonchev–Trinajstić information content (AvgIpc) is 3.73. The number of aromatic nitrogens is 2. The number of nitrogens with one attached hydrogen (secondary N) is 3. The van der Waals surface area contributed by atoms with Crippen LogP contribution in [0.5, 0.6) is 0 Å². The van der Waals surface area contributed by atoms with Crippen molar-refractivity contribution in [1.29, 1.82) is 0 Å². The third kappa shape index (κ3) is 6.78. The molecule has 3 N–H and O–H groups in total. The Morgan fingerprint density at radius 3 is 2.40 bits per heavy atom. The number of fused-ring (bicyclic) bond motifs is 2. The van der Waals surface area contributed by atoms with Gasteiger partial charge in [-0.15, -0.1) is 0 Å². The van der Waals surface area contributed by atoms with Crippen LogP contribution in [0.4, 0.5) is 15.8 Å². The van der Waals surface area contributed by atoms with E-state index in [9.17, 15) is 17.6 Å². The molecule has 0 radical (unpaired) electrons. The van der Waals surface area contributed by atoms with Crippen molar-refractivity contribution in [2.45, 2.75) is 19.4 Å². The molecule has 3 aromatic heterocycles. The molecular weight excluding hydrogens is 658 g/mol. The Hall–Kier alpha value is -6.01. The van der Waals surface area contributed by atoms with Gasteiger partial charge in [-0.1, -0.05) is 30.3 Å². The molecule has 12 heteroatoms. The molecule has 0 aliphatic rings. The Bertz CT molecular complexity index is 2410. The maximum Gasteiger partial charge on any atom is 0.255 e. The lowest BCUT2D eigenvalue weighted by molar-refractivity contribution is 0.0964. The first-order valence-corrected chi connectivity index (χ1v) is 17.6. The molecule has 7 rings (SSSR count). The van der Waals surface area contributed by atoms with Gasteiger partial charge >= 0.3 is 0 Å². The van der Waals surface area contributed by atoms with E-state index in [1.54, 1.807) is 30.5 Å². The highest BCUT2D eigenvalue weighted by Gasteiger charge is 2.25. The van der Waals surface area contributed by atoms with Crippen LogP contribution in [-0.4, -0.2) is 43.1 Å². The smallest absolute Gasteiger partial charge is 0.255 e. The van der Waals surface area contributed by atoms with Crippen molar-refractivity contribution < 1.29 is 26.4 Å². The van der Waals surface area contributed by atoms with Gasteiger partial charge in [-0.3, -0.25) is 9.52 Å². The second-order valence-corrected chi connectivity index (χ2v) is 13.7. The van der Waals surface area contributed by atoms with Crippen LogP contribution in [0.2, 0.25) is 0 Å². The number of sulfonamides is 1. The summed E-state index contributed by atoms with van der Waals surface area (Å²) in [6, 6.07) is 29.2. The van der Waals surface area contributed by atoms with E-state index in [-0.39, 0.29) is 34.4 Å². The fraction of sp³-hybridized carbons (Fsp3) is 0.132. The summed E-state index contributed by atoms with van der Waals surface area (Å²) in [5.74, 6) is -0.456. The van der Waals surface area contributed by atoms with Gasteiger partial charge in [0.1, 0.15) is 17.2 Å². The minimum atomic E-state index is -3.87. The van der Waals surface area contributed by atoms with Crippen LogP contribution in [0.3, 0.4) is 0 Å². The van der Waals surface area contributed by atoms with Crippen molar-refractivity contribution in [2.24, 2.45) is 0 Å². The Morgan fingerprint density at radius 1 is 0.860 bits per heavy atom. The predicted molar refractivity (Wildman–Crippen MR) is 193 cm³/mol. The van der Waals surface area contributed by atoms with Crippen LogP contribution in [0.25, 0.3) is 56.1 Å². The second kappa shape index (κ2) is 13.5. The summed E-state index contributed by atoms with van der Waals surface area (Å²) >= 11 is 0. The van der Waals surface area contributed by atoms with E-state index in [0.29, 0.717) is 51.2 Å². The van der Waals surface area contributed by atoms with Crippen molar-refractivity contribution in [2.75, 3.05) is 22.8 Å². The molecule has 0 bridgehead atoms. The number of oxazole rings is 1. The molecule has 1 amide bonds. The van der Waals surface area contributed by atoms with Gasteiger partial charge in [-0.05, 0) is 85.6 Å². The molecule has 0 aliphatic heterocycles. The van der Waals surface area contributed by atoms with Gasteiger partial charge in [0.05, 0.1) is 17.0 Å². The number of pyridine rings is 1. The first-order valence-electron chi connectivity index (χ1n) is 15.9. The van der Waals surface area contributed by atoms with E-state index in [2.05, 4.69) is 25.3 Å². The number of carbonyl (C=O) groups is 1. The third-order valence-electron chi connectivity index (χ3n) is 8.25. The van der Waals surface area contributed by atoms with Crippen molar-refractivity contribution in [3.8, 4) is 33.9 Å². The monoisotopic (exact) mass is 689 g/mol. The molecule has 50 heavy (non-hydrogen) atoms. The Kier molecular flexibility index (Phi) is 8.77. The van der Waals surface area contributed by atoms with Gasteiger partial charge in [-0.25, -0.2) is 17.8 Å². The van der Waals surface area contributed by atoms with Gasteiger partial charge in [0.15, 0.2) is 11.2 Å². The van der Waals surface area contributed by atoms with Crippen molar-refractivity contribution in [3.63, 3.8) is 0 Å². The summed E-state index contributed by atoms with van der Waals surface area (Å²) in [6.07, 6.45) is 1.96. The molecule has 7 aromatic rings. The zero-order valence-electron chi connectivity index (χ0n) is 27.1. The van der Waals surface area contributed by atoms with Crippen molar-refractivity contribution in [3.05, 3.63) is 121 Å². The average molecular weight is 690 g/mol. The highest BCUT2D eigenvalue weighted by molar-refractivity contribution is 7.92. The molecular formula is C38H32FN5O5S. The number of furan rings is 1. The normalized spacial score (nSPS) is 12.2. The number of rotatable bonds is 11. The summed E-state index contributed by atoms with van der Waals surface area (Å²) in [6.45, 7) is 1.92. The lowest BCUT2D eigenvalue weighted by Crippen LogP contribution is -2.24. The minimum absolute atomic E-state index is 0.128. The lowest BCUT2D eigenvalue weighted by atomic mass is 9.97. The van der Waals surface area contributed by atoms with Crippen LogP contribution in [-0.2, 0) is 10.0 Å². The second-order valence-electron chi connectivity index (χ2n) is 11.8. The van der Waals surface area contributed by atoms with Crippen LogP contribution >= 0.6 is 0 Å². The van der Waals surface area contributed by atoms with Crippen molar-refractivity contribution in [1.82, 2.24) is 15.3 Å². The summed E-state index contributed by atoms with van der Waals surface area (Å²) in [4.78, 5) is 22.1. The molecule has 10 nitrogen and oxygen atoms in total. The predicted octanol–water partition coefficient (Wildman–Crippen LogP) is 8.10. The van der Waals surface area contributed by atoms with Crippen LogP contribution in [0, 0.1) is 5.82 Å². The SMILES string of the molecule is CNC(=O)c1c(-c2ccc(F)cc2)oc2cc(NS(=O)(=O)CCC(C)Nc3ccccc3)c(-c3cccc(-c4nc5ncccc5o4)c3)cc12. The number of carbonyl (C=O) groups excluding carboxylic acids is 1. The zero-order valence-corrected chi connectivity index (χ0v) is 27.9. The topological polar surface area (TPSA) is 139 Å². The molecule has 3 heterocycles. The maximum absolute atomic E-state index is 13.8. The van der Waals surface area contributed by atoms with Gasteiger partial charge in [-0.2, -0.15) is 4.98 Å². The van der Waals surface area contributed by atoms with Gasteiger partial charge in [0.25, 0.3) is 5.91 Å². The highest BCUT2D eigenvalue weighted by atomic mass is 32.2. The van der Waals surface area contributed by atoms with Crippen molar-refractivity contribution >= 4 is 49.5 Å². The molecule has 0 fully saturated rings. The van der Waals surface area contributed by atoms with E-state index in [1.165, 1.54) is 31.3 Å². The Morgan fingerprint density at radius 2 is 1.64 bits per heavy atom. The molecule has 0 saturated carbocycles. The molecule has 0 aliphatic carbocycles. The number of para-hydroxylation sites is 1. The highest BCUT2D eigenvalue weighted by Crippen LogP contribution is 2.41. The van der Waals surface area contributed by atoms with Gasteiger partial charge in [0.2, 0.25) is 15.9 Å². The number of hydrogen-bond acceptors (Lipinski definition) is 8. The van der Waals surface area contributed by atoms with E-state index in [4.69, 9.17) is 8.83 Å². The van der Waals surface area contributed by atoms with Crippen LogP contribution in [0.1, 0.15) is 23.7 Å². The Labute approximate surface area is 287 Å². The molecule has 4 aromatic carbocycles. The number of nitrogens with zero attached hydrogens (tertiary/aromatic N) is 2. The first-order chi connectivity index (χ1) is 24.2. The standard InChI is InChI=1S/C38H32FN5O5S/c1-23(42-28-10-4-3-5-11-28)17-19-50(46,47)44-31-22-33-30(34(37(45)40-2)35(48-33)24-13-15-27(39)16-14-24)21-29(31)25-8-6-9-26(20-25)38-43-36-32(49-38)12-7-18-41-36/h3-16,18,20-23,42,44H,17,19H2,1-2H3,(H,40,45). The summed E-state index contributed by atoms with van der Waals surface area (Å²) in [7, 11) is -2.37. The van der Waals surface area contributed by atoms with Gasteiger partial charge < -0.3 is 19.5 Å². The molecule has 252 valence electrons. The zero-order chi connectivity index (χ0) is 34.8. The summed E-state index contributed by atoms with van der Waals surface area (Å²) in [5, 5.41) is 6.43. The summed E-state index contributed by atoms with van der Waals surface area (Å²) < 4.78 is 56.1. The number of halogens is 1. The quantitative estimate of drug-likeness (QED) is 0.124. The largest absolute Gasteiger partial charge is 0.455 e. The number of benzene rings is 4. The minimum Gasteiger partial charge on any atom is -0.455 e. The number of amides is 1. The third-order valence-corrected chi connectivity index (χ3v) is 9.55. The summed E-state index contributed by atoms with van der Waals surface area (Å²) in [5.41, 5.74) is 4.87. The Balaban J connectivity index is 1.32. The van der Waals surface area contributed by atoms with Crippen LogP contribution < -0.4 is 15.4 Å². The molecule has 1 atom stereocenters. The fourth-order valence-electron chi connectivity index (χ4n) is 5.77. The lowest BCUT2D eigenvalue weighted by Gasteiger charge is -2.17. The first kappa shape index (κ1) is 32.5. The fourth-order valence-corrected chi connectivity index (χ4v) is 7.04.